The highest BCUT2D eigenvalue weighted by Gasteiger charge is 2.21. The van der Waals surface area contributed by atoms with E-state index in [1.165, 1.54) is 5.56 Å². The summed E-state index contributed by atoms with van der Waals surface area (Å²) in [5.74, 6) is 1.91. The molecule has 1 aromatic carbocycles. The maximum Gasteiger partial charge on any atom is 0.259 e. The van der Waals surface area contributed by atoms with Gasteiger partial charge in [0.2, 0.25) is 18.6 Å². The number of aromatic amines is 1. The average molecular weight is 386 g/mol. The number of hydrogen-bond donors (Lipinski definition) is 2. The molecule has 0 aliphatic carbocycles. The highest BCUT2D eigenvalue weighted by molar-refractivity contribution is 5.44. The van der Waals surface area contributed by atoms with Crippen molar-refractivity contribution < 1.29 is 14.6 Å². The third-order valence-electron chi connectivity index (χ3n) is 5.28. The van der Waals surface area contributed by atoms with E-state index in [2.05, 4.69) is 27.9 Å². The largest absolute Gasteiger partial charge is 0.493 e. The molecule has 0 amide bonds. The minimum Gasteiger partial charge on any atom is -0.493 e. The van der Waals surface area contributed by atoms with Crippen molar-refractivity contribution in [1.82, 2.24) is 14.9 Å². The van der Waals surface area contributed by atoms with Crippen LogP contribution < -0.4 is 19.9 Å². The first kappa shape index (κ1) is 18.6. The third kappa shape index (κ3) is 3.91. The SMILES string of the molecule is CCCCc1c(O)nc(N2CCN(Cc3ccc4c(c3)OCO4)CC2)[nH]c1=O. The van der Waals surface area contributed by atoms with Crippen molar-refractivity contribution in [2.75, 3.05) is 37.9 Å². The van der Waals surface area contributed by atoms with Gasteiger partial charge in [0.25, 0.3) is 5.56 Å². The van der Waals surface area contributed by atoms with Crippen LogP contribution in [0.1, 0.15) is 30.9 Å². The van der Waals surface area contributed by atoms with Crippen LogP contribution in [0.4, 0.5) is 5.95 Å². The van der Waals surface area contributed by atoms with Crippen LogP contribution in [0.5, 0.6) is 17.4 Å². The molecule has 4 rings (SSSR count). The van der Waals surface area contributed by atoms with E-state index in [0.29, 0.717) is 17.9 Å². The second-order valence-corrected chi connectivity index (χ2v) is 7.25. The Kier molecular flexibility index (Phi) is 5.38. The van der Waals surface area contributed by atoms with E-state index in [1.54, 1.807) is 0 Å². The van der Waals surface area contributed by atoms with E-state index in [-0.39, 0.29) is 18.2 Å². The normalized spacial score (nSPS) is 16.5. The summed E-state index contributed by atoms with van der Waals surface area (Å²) in [5, 5.41) is 10.2. The lowest BCUT2D eigenvalue weighted by Crippen LogP contribution is -2.47. The van der Waals surface area contributed by atoms with Crippen molar-refractivity contribution in [3.8, 4) is 17.4 Å². The molecule has 0 atom stereocenters. The zero-order chi connectivity index (χ0) is 19.5. The summed E-state index contributed by atoms with van der Waals surface area (Å²) < 4.78 is 10.8. The third-order valence-corrected chi connectivity index (χ3v) is 5.28. The number of hydrogen-bond acceptors (Lipinski definition) is 7. The maximum absolute atomic E-state index is 12.3. The van der Waals surface area contributed by atoms with Crippen molar-refractivity contribution in [3.63, 3.8) is 0 Å². The lowest BCUT2D eigenvalue weighted by atomic mass is 10.1. The Hall–Kier alpha value is -2.74. The summed E-state index contributed by atoms with van der Waals surface area (Å²) in [6.07, 6.45) is 2.37. The average Bonchev–Trinajstić information content (AvgIpc) is 3.16. The molecule has 2 aliphatic rings. The van der Waals surface area contributed by atoms with Gasteiger partial charge in [0.05, 0.1) is 5.56 Å². The summed E-state index contributed by atoms with van der Waals surface area (Å²) in [7, 11) is 0. The molecule has 1 aromatic heterocycles. The molecular formula is C20H26N4O4. The molecule has 2 aliphatic heterocycles. The molecule has 0 spiro atoms. The summed E-state index contributed by atoms with van der Waals surface area (Å²) in [4.78, 5) is 23.7. The van der Waals surface area contributed by atoms with Gasteiger partial charge in [-0.3, -0.25) is 14.7 Å². The molecule has 8 heteroatoms. The fourth-order valence-electron chi connectivity index (χ4n) is 3.62. The first-order chi connectivity index (χ1) is 13.6. The number of H-pyrrole nitrogens is 1. The van der Waals surface area contributed by atoms with Gasteiger partial charge >= 0.3 is 0 Å². The molecule has 2 N–H and O–H groups in total. The highest BCUT2D eigenvalue weighted by Crippen LogP contribution is 2.32. The van der Waals surface area contributed by atoms with Gasteiger partial charge in [-0.15, -0.1) is 0 Å². The smallest absolute Gasteiger partial charge is 0.259 e. The molecule has 0 radical (unpaired) electrons. The molecule has 2 aromatic rings. The number of nitrogens with one attached hydrogen (secondary N) is 1. The Morgan fingerprint density at radius 2 is 1.96 bits per heavy atom. The van der Waals surface area contributed by atoms with Gasteiger partial charge in [-0.1, -0.05) is 19.4 Å². The predicted molar refractivity (Wildman–Crippen MR) is 105 cm³/mol. The van der Waals surface area contributed by atoms with E-state index in [9.17, 15) is 9.90 Å². The van der Waals surface area contributed by atoms with Gasteiger partial charge in [0, 0.05) is 32.7 Å². The molecule has 1 fully saturated rings. The van der Waals surface area contributed by atoms with Crippen LogP contribution >= 0.6 is 0 Å². The van der Waals surface area contributed by atoms with Crippen LogP contribution in [-0.4, -0.2) is 52.9 Å². The summed E-state index contributed by atoms with van der Waals surface area (Å²) >= 11 is 0. The highest BCUT2D eigenvalue weighted by atomic mass is 16.7. The Labute approximate surface area is 163 Å². The quantitative estimate of drug-likeness (QED) is 0.783. The molecule has 0 unspecified atom stereocenters. The van der Waals surface area contributed by atoms with Gasteiger partial charge in [-0.25, -0.2) is 0 Å². The number of piperazine rings is 1. The topological polar surface area (TPSA) is 90.9 Å². The molecule has 0 bridgehead atoms. The number of fused-ring (bicyclic) bond motifs is 1. The molecule has 8 nitrogen and oxygen atoms in total. The minimum absolute atomic E-state index is 0.144. The summed E-state index contributed by atoms with van der Waals surface area (Å²) in [5.41, 5.74) is 1.33. The molecule has 28 heavy (non-hydrogen) atoms. The van der Waals surface area contributed by atoms with Crippen LogP contribution in [0, 0.1) is 0 Å². The zero-order valence-electron chi connectivity index (χ0n) is 16.1. The number of benzene rings is 1. The lowest BCUT2D eigenvalue weighted by Gasteiger charge is -2.35. The standard InChI is InChI=1S/C20H26N4O4/c1-2-3-4-15-18(25)21-20(22-19(15)26)24-9-7-23(8-10-24)12-14-5-6-16-17(11-14)28-13-27-16/h5-6,11H,2-4,7-10,12-13H2,1H3,(H2,21,22,25,26). The van der Waals surface area contributed by atoms with Gasteiger partial charge < -0.3 is 19.5 Å². The van der Waals surface area contributed by atoms with Crippen molar-refractivity contribution >= 4 is 5.95 Å². The summed E-state index contributed by atoms with van der Waals surface area (Å²) in [6.45, 7) is 6.33. The lowest BCUT2D eigenvalue weighted by molar-refractivity contribution is 0.174. The summed E-state index contributed by atoms with van der Waals surface area (Å²) in [6, 6.07) is 6.04. The van der Waals surface area contributed by atoms with E-state index in [4.69, 9.17) is 9.47 Å². The van der Waals surface area contributed by atoms with Gasteiger partial charge in [0.15, 0.2) is 11.5 Å². The first-order valence-corrected chi connectivity index (χ1v) is 9.82. The number of unbranched alkanes of at least 4 members (excludes halogenated alkanes) is 1. The number of anilines is 1. The minimum atomic E-state index is -0.237. The number of aromatic hydroxyl groups is 1. The van der Waals surface area contributed by atoms with Crippen molar-refractivity contribution in [2.45, 2.75) is 32.7 Å². The second-order valence-electron chi connectivity index (χ2n) is 7.25. The molecule has 0 saturated carbocycles. The van der Waals surface area contributed by atoms with E-state index >= 15 is 0 Å². The number of rotatable bonds is 6. The monoisotopic (exact) mass is 386 g/mol. The van der Waals surface area contributed by atoms with Gasteiger partial charge in [0.1, 0.15) is 0 Å². The van der Waals surface area contributed by atoms with Crippen LogP contribution in [0.15, 0.2) is 23.0 Å². The van der Waals surface area contributed by atoms with E-state index in [1.807, 2.05) is 17.0 Å². The molecule has 3 heterocycles. The molecule has 150 valence electrons. The number of nitrogens with zero attached hydrogens (tertiary/aromatic N) is 3. The number of aromatic nitrogens is 2. The Morgan fingerprint density at radius 1 is 1.18 bits per heavy atom. The van der Waals surface area contributed by atoms with Crippen LogP contribution in [-0.2, 0) is 13.0 Å². The van der Waals surface area contributed by atoms with Crippen LogP contribution in [0.3, 0.4) is 0 Å². The molecular weight excluding hydrogens is 360 g/mol. The zero-order valence-corrected chi connectivity index (χ0v) is 16.1. The molecule has 1 saturated heterocycles. The van der Waals surface area contributed by atoms with Crippen molar-refractivity contribution in [3.05, 3.63) is 39.7 Å². The van der Waals surface area contributed by atoms with Crippen molar-refractivity contribution in [1.29, 1.82) is 0 Å². The van der Waals surface area contributed by atoms with E-state index < -0.39 is 0 Å². The van der Waals surface area contributed by atoms with Crippen molar-refractivity contribution in [2.24, 2.45) is 0 Å². The Balaban J connectivity index is 1.37. The fourth-order valence-corrected chi connectivity index (χ4v) is 3.62. The number of ether oxygens (including phenoxy) is 2. The van der Waals surface area contributed by atoms with Gasteiger partial charge in [-0.05, 0) is 30.5 Å². The predicted octanol–water partition coefficient (Wildman–Crippen LogP) is 1.87. The maximum atomic E-state index is 12.3. The van der Waals surface area contributed by atoms with E-state index in [0.717, 1.165) is 57.1 Å². The van der Waals surface area contributed by atoms with Gasteiger partial charge in [-0.2, -0.15) is 4.98 Å². The Bertz CT molecular complexity index is 890. The first-order valence-electron chi connectivity index (χ1n) is 9.82. The fraction of sp³-hybridized carbons (Fsp3) is 0.500. The second kappa shape index (κ2) is 8.10. The van der Waals surface area contributed by atoms with Crippen LogP contribution in [0.2, 0.25) is 0 Å². The van der Waals surface area contributed by atoms with Crippen LogP contribution in [0.25, 0.3) is 0 Å². The Morgan fingerprint density at radius 3 is 2.71 bits per heavy atom.